The molecular formula is C13H9Cl2OV-. The molecule has 0 aromatic heterocycles. The van der Waals surface area contributed by atoms with Crippen LogP contribution >= 0.6 is 0 Å². The number of benzene rings is 2. The average Bonchev–Trinajstić information content (AvgIpc) is 2.70. The third kappa shape index (κ3) is 3.20. The molecule has 0 aliphatic heterocycles. The zero-order valence-corrected chi connectivity index (χ0v) is 11.8. The van der Waals surface area contributed by atoms with Crippen molar-refractivity contribution in [3.05, 3.63) is 59.7 Å². The second-order valence-electron chi connectivity index (χ2n) is 3.40. The van der Waals surface area contributed by atoms with Gasteiger partial charge in [-0.2, -0.15) is 29.8 Å². The summed E-state index contributed by atoms with van der Waals surface area (Å²) in [6, 6.07) is 18.1. The number of hydrogen-bond donors (Lipinski definition) is 0. The fraction of sp³-hybridized carbons (Fsp3) is 0.0769. The minimum Gasteiger partial charge on any atom is -0.179 e. The monoisotopic (exact) mass is 302 g/mol. The fourth-order valence-electron chi connectivity index (χ4n) is 2.00. The minimum absolute atomic E-state index is 0. The Kier molecular flexibility index (Phi) is 7.41. The molecule has 3 rings (SSSR count). The fourth-order valence-corrected chi connectivity index (χ4v) is 2.00. The van der Waals surface area contributed by atoms with Gasteiger partial charge in [0, 0.05) is 0 Å². The van der Waals surface area contributed by atoms with E-state index in [1.54, 1.807) is 0 Å². The molecule has 1 aliphatic carbocycles. The van der Waals surface area contributed by atoms with E-state index >= 15 is 0 Å². The van der Waals surface area contributed by atoms with E-state index in [1.807, 2.05) is 6.07 Å². The van der Waals surface area contributed by atoms with E-state index in [0.717, 1.165) is 23.8 Å². The van der Waals surface area contributed by atoms with Gasteiger partial charge in [-0.15, -0.1) is 5.56 Å². The molecule has 87 valence electrons. The summed E-state index contributed by atoms with van der Waals surface area (Å²) >= 11 is 1.06. The summed E-state index contributed by atoms with van der Waals surface area (Å²) in [5.74, 6) is 0. The van der Waals surface area contributed by atoms with E-state index in [0.29, 0.717) is 0 Å². The molecule has 1 aliphatic rings. The van der Waals surface area contributed by atoms with Crippen LogP contribution in [0, 0.1) is 6.07 Å². The Bertz CT molecular complexity index is 445. The number of halogens is 2. The summed E-state index contributed by atoms with van der Waals surface area (Å²) in [6.45, 7) is 0. The summed E-state index contributed by atoms with van der Waals surface area (Å²) in [7, 11) is 0. The van der Waals surface area contributed by atoms with Crippen molar-refractivity contribution >= 4 is 0 Å². The zero-order valence-electron chi connectivity index (χ0n) is 8.86. The van der Waals surface area contributed by atoms with Crippen LogP contribution in [0.4, 0.5) is 0 Å². The van der Waals surface area contributed by atoms with Gasteiger partial charge in [0.15, 0.2) is 0 Å². The van der Waals surface area contributed by atoms with Crippen molar-refractivity contribution < 1.29 is 45.9 Å². The van der Waals surface area contributed by atoms with Crippen molar-refractivity contribution in [2.75, 3.05) is 0 Å². The van der Waals surface area contributed by atoms with E-state index in [-0.39, 0.29) is 24.8 Å². The Morgan fingerprint density at radius 3 is 2.35 bits per heavy atom. The molecule has 0 N–H and O–H groups in total. The summed E-state index contributed by atoms with van der Waals surface area (Å²) in [5, 5.41) is 0. The van der Waals surface area contributed by atoms with Gasteiger partial charge >= 0.3 is 21.0 Å². The first-order valence-electron chi connectivity index (χ1n) is 4.71. The summed E-state index contributed by atoms with van der Waals surface area (Å²) in [6.07, 6.45) is 1.05. The summed E-state index contributed by atoms with van der Waals surface area (Å²) < 4.78 is 8.19. The Labute approximate surface area is 123 Å². The maximum absolute atomic E-state index is 8.19. The predicted molar refractivity (Wildman–Crippen MR) is 54.2 cm³/mol. The maximum atomic E-state index is 8.19. The third-order valence-corrected chi connectivity index (χ3v) is 2.62. The zero-order chi connectivity index (χ0) is 10.7. The Morgan fingerprint density at radius 1 is 0.941 bits per heavy atom. The van der Waals surface area contributed by atoms with Crippen LogP contribution in [0.5, 0.6) is 0 Å². The molecule has 4 heteroatoms. The van der Waals surface area contributed by atoms with Crippen molar-refractivity contribution in [3.8, 4) is 11.1 Å². The van der Waals surface area contributed by atoms with Crippen molar-refractivity contribution in [2.24, 2.45) is 0 Å². The smallest absolute Gasteiger partial charge is 0.0253 e. The molecule has 0 saturated carbocycles. The van der Waals surface area contributed by atoms with Gasteiger partial charge in [-0.1, -0.05) is 35.4 Å². The molecule has 1 nitrogen and oxygen atoms in total. The quantitative estimate of drug-likeness (QED) is 0.403. The second kappa shape index (κ2) is 7.68. The van der Waals surface area contributed by atoms with Crippen LogP contribution in [0.1, 0.15) is 11.1 Å². The summed E-state index contributed by atoms with van der Waals surface area (Å²) in [5.41, 5.74) is 5.51. The van der Waals surface area contributed by atoms with Crippen LogP contribution in [0.2, 0.25) is 0 Å². The number of fused-ring (bicyclic) bond motifs is 3. The van der Waals surface area contributed by atoms with Gasteiger partial charge in [-0.05, 0) is 6.42 Å². The van der Waals surface area contributed by atoms with Crippen LogP contribution in [-0.2, 0) is 27.5 Å². The molecule has 0 spiro atoms. The molecular weight excluding hydrogens is 294 g/mol. The van der Waals surface area contributed by atoms with Gasteiger partial charge < -0.3 is 24.8 Å². The molecule has 2 aromatic carbocycles. The largest absolute Gasteiger partial charge is 0.179 e. The van der Waals surface area contributed by atoms with E-state index in [2.05, 4.69) is 42.5 Å². The average molecular weight is 303 g/mol. The van der Waals surface area contributed by atoms with E-state index in [4.69, 9.17) is 3.67 Å². The van der Waals surface area contributed by atoms with Crippen molar-refractivity contribution in [3.63, 3.8) is 0 Å². The van der Waals surface area contributed by atoms with Gasteiger partial charge in [-0.3, -0.25) is 0 Å². The molecule has 2 aromatic rings. The summed E-state index contributed by atoms with van der Waals surface area (Å²) in [4.78, 5) is 0. The molecule has 0 bridgehead atoms. The van der Waals surface area contributed by atoms with Crippen LogP contribution in [0.25, 0.3) is 11.1 Å². The third-order valence-electron chi connectivity index (χ3n) is 2.62. The first kappa shape index (κ1) is 16.4. The topological polar surface area (TPSA) is 17.1 Å². The van der Waals surface area contributed by atoms with Gasteiger partial charge in [0.25, 0.3) is 0 Å². The molecule has 0 unspecified atom stereocenters. The Hall–Kier alpha value is -0.596. The van der Waals surface area contributed by atoms with Gasteiger partial charge in [-0.25, -0.2) is 0 Å². The van der Waals surface area contributed by atoms with E-state index in [1.165, 1.54) is 22.3 Å². The van der Waals surface area contributed by atoms with Gasteiger partial charge in [0.2, 0.25) is 0 Å². The van der Waals surface area contributed by atoms with Crippen molar-refractivity contribution in [2.45, 2.75) is 6.42 Å². The molecule has 0 saturated heterocycles. The maximum Gasteiger partial charge on any atom is -0.0253 e. The van der Waals surface area contributed by atoms with Gasteiger partial charge in [0.05, 0.1) is 0 Å². The van der Waals surface area contributed by atoms with E-state index in [9.17, 15) is 0 Å². The molecule has 0 fully saturated rings. The normalized spacial score (nSPS) is 9.76. The molecule has 17 heavy (non-hydrogen) atoms. The number of hydrogen-bond acceptors (Lipinski definition) is 1. The first-order valence-corrected chi connectivity index (χ1v) is 5.28. The van der Waals surface area contributed by atoms with Crippen molar-refractivity contribution in [1.82, 2.24) is 0 Å². The van der Waals surface area contributed by atoms with E-state index < -0.39 is 0 Å². The predicted octanol–water partition coefficient (Wildman–Crippen LogP) is -3.06. The van der Waals surface area contributed by atoms with Crippen LogP contribution in [0.15, 0.2) is 42.5 Å². The minimum atomic E-state index is 0. The van der Waals surface area contributed by atoms with Crippen LogP contribution < -0.4 is 24.8 Å². The van der Waals surface area contributed by atoms with Crippen LogP contribution in [0.3, 0.4) is 0 Å². The molecule has 0 heterocycles. The molecule has 0 atom stereocenters. The Balaban J connectivity index is 0.000000611. The Morgan fingerprint density at radius 2 is 1.59 bits per heavy atom. The first-order chi connectivity index (χ1) is 7.45. The van der Waals surface area contributed by atoms with Crippen molar-refractivity contribution in [1.29, 1.82) is 0 Å². The standard InChI is InChI=1S/C13H9.2ClH.O.V/c1-3-7-12-10(5-1)9-11-6-2-4-8-13(11)12;;;;/h1-5,7-8H,9H2;2*1H;;/q-1;;;;+2/p-2. The van der Waals surface area contributed by atoms with Gasteiger partial charge in [0.1, 0.15) is 0 Å². The molecule has 0 radical (unpaired) electrons. The van der Waals surface area contributed by atoms with Crippen LogP contribution in [-0.4, -0.2) is 0 Å². The molecule has 0 amide bonds. The second-order valence-corrected chi connectivity index (χ2v) is 3.40. The SMILES string of the molecule is [Cl-].[Cl-].[O]=[V+2].[c-]1cccc2c1Cc1ccccc1-2. The number of rotatable bonds is 0.